The highest BCUT2D eigenvalue weighted by molar-refractivity contribution is 6.30. The molecule has 0 radical (unpaired) electrons. The molecule has 1 amide bonds. The molecule has 2 fully saturated rings. The lowest BCUT2D eigenvalue weighted by atomic mass is 10.0. The maximum atomic E-state index is 14.7. The number of aromatic nitrogens is 2. The zero-order chi connectivity index (χ0) is 30.5. The van der Waals surface area contributed by atoms with E-state index in [-0.39, 0.29) is 40.3 Å². The lowest BCUT2D eigenvalue weighted by Gasteiger charge is -2.40. The highest BCUT2D eigenvalue weighted by atomic mass is 35.5. The van der Waals surface area contributed by atoms with Crippen LogP contribution in [0.3, 0.4) is 0 Å². The Morgan fingerprint density at radius 2 is 1.88 bits per heavy atom. The number of nitrogens with zero attached hydrogens (tertiary/aromatic N) is 5. The highest BCUT2D eigenvalue weighted by Crippen LogP contribution is 2.33. The van der Waals surface area contributed by atoms with E-state index in [2.05, 4.69) is 26.9 Å². The third-order valence-electron chi connectivity index (χ3n) is 8.31. The van der Waals surface area contributed by atoms with Crippen molar-refractivity contribution in [2.24, 2.45) is 0 Å². The maximum absolute atomic E-state index is 14.7. The first kappa shape index (κ1) is 31.2. The van der Waals surface area contributed by atoms with Crippen LogP contribution in [-0.4, -0.2) is 91.3 Å². The van der Waals surface area contributed by atoms with Gasteiger partial charge in [-0.2, -0.15) is 4.98 Å². The molecule has 1 unspecified atom stereocenters. The molecule has 0 spiro atoms. The molecule has 0 bridgehead atoms. The minimum atomic E-state index is -0.574. The standard InChI is InChI=1S/C31H39ClF2N6O3/c1-4-11-40(30(41)27-6-5-12-38(27)15-16-42-2)21-9-13-39(14-10-21)31-36-26-19-28(43-3)24(34)18-22(26)29(37-31)35-25-8-7-20(32)17-23(25)33/h7-8,17-19,21,27H,4-6,9-16H2,1-3H3,(H,35,36,37). The molecule has 1 aromatic heterocycles. The molecule has 1 atom stereocenters. The smallest absolute Gasteiger partial charge is 0.240 e. The first-order valence-corrected chi connectivity index (χ1v) is 15.3. The average molecular weight is 617 g/mol. The third-order valence-corrected chi connectivity index (χ3v) is 8.54. The zero-order valence-electron chi connectivity index (χ0n) is 24.9. The van der Waals surface area contributed by atoms with Gasteiger partial charge in [0.25, 0.3) is 0 Å². The Morgan fingerprint density at radius 3 is 2.58 bits per heavy atom. The van der Waals surface area contributed by atoms with Crippen molar-refractivity contribution in [3.05, 3.63) is 47.0 Å². The molecule has 1 N–H and O–H groups in total. The van der Waals surface area contributed by atoms with Gasteiger partial charge in [0.2, 0.25) is 11.9 Å². The minimum Gasteiger partial charge on any atom is -0.494 e. The SMILES string of the molecule is CCCN(C(=O)C1CCCN1CCOC)C1CCN(c2nc(Nc3ccc(Cl)cc3F)c3cc(F)c(OC)cc3n2)CC1. The number of benzene rings is 2. The molecule has 5 rings (SSSR count). The van der Waals surface area contributed by atoms with Crippen LogP contribution in [-0.2, 0) is 9.53 Å². The number of amides is 1. The number of hydrogen-bond donors (Lipinski definition) is 1. The molecule has 9 nitrogen and oxygen atoms in total. The number of likely N-dealkylation sites (tertiary alicyclic amines) is 1. The number of fused-ring (bicyclic) bond motifs is 1. The Bertz CT molecular complexity index is 1440. The quantitative estimate of drug-likeness (QED) is 0.297. The molecule has 0 aliphatic carbocycles. The molecular weight excluding hydrogens is 578 g/mol. The first-order valence-electron chi connectivity index (χ1n) is 14.9. The van der Waals surface area contributed by atoms with Crippen LogP contribution in [0.5, 0.6) is 5.75 Å². The molecule has 2 aliphatic rings. The Kier molecular flexibility index (Phi) is 10.1. The van der Waals surface area contributed by atoms with Gasteiger partial charge in [0, 0.05) is 55.8 Å². The fourth-order valence-corrected chi connectivity index (χ4v) is 6.25. The monoisotopic (exact) mass is 616 g/mol. The van der Waals surface area contributed by atoms with Crippen LogP contribution >= 0.6 is 11.6 Å². The van der Waals surface area contributed by atoms with E-state index in [1.165, 1.54) is 31.4 Å². The van der Waals surface area contributed by atoms with Crippen LogP contribution in [0.15, 0.2) is 30.3 Å². The second-order valence-corrected chi connectivity index (χ2v) is 11.5. The lowest BCUT2D eigenvalue weighted by Crippen LogP contribution is -2.53. The van der Waals surface area contributed by atoms with E-state index in [1.54, 1.807) is 13.2 Å². The van der Waals surface area contributed by atoms with Crippen LogP contribution in [0.4, 0.5) is 26.2 Å². The lowest BCUT2D eigenvalue weighted by molar-refractivity contribution is -0.139. The summed E-state index contributed by atoms with van der Waals surface area (Å²) < 4.78 is 39.9. The average Bonchev–Trinajstić information content (AvgIpc) is 3.48. The Hall–Kier alpha value is -3.28. The second-order valence-electron chi connectivity index (χ2n) is 11.1. The molecule has 232 valence electrons. The van der Waals surface area contributed by atoms with E-state index in [0.29, 0.717) is 36.5 Å². The van der Waals surface area contributed by atoms with E-state index < -0.39 is 11.6 Å². The summed E-state index contributed by atoms with van der Waals surface area (Å²) in [6, 6.07) is 7.10. The minimum absolute atomic E-state index is 0.0552. The third kappa shape index (κ3) is 6.94. The highest BCUT2D eigenvalue weighted by Gasteiger charge is 2.37. The van der Waals surface area contributed by atoms with E-state index in [1.807, 2.05) is 0 Å². The summed E-state index contributed by atoms with van der Waals surface area (Å²) in [5, 5.41) is 3.66. The Labute approximate surface area is 256 Å². The molecule has 3 heterocycles. The number of nitrogens with one attached hydrogen (secondary N) is 1. The Balaban J connectivity index is 1.37. The largest absolute Gasteiger partial charge is 0.494 e. The number of methoxy groups -OCH3 is 2. The molecular formula is C31H39ClF2N6O3. The van der Waals surface area contributed by atoms with E-state index in [4.69, 9.17) is 31.0 Å². The zero-order valence-corrected chi connectivity index (χ0v) is 25.7. The maximum Gasteiger partial charge on any atom is 0.240 e. The summed E-state index contributed by atoms with van der Waals surface area (Å²) >= 11 is 5.94. The van der Waals surface area contributed by atoms with Crippen LogP contribution in [0, 0.1) is 11.6 Å². The fraction of sp³-hybridized carbons (Fsp3) is 0.516. The van der Waals surface area contributed by atoms with Crippen molar-refractivity contribution in [2.75, 3.05) is 63.8 Å². The van der Waals surface area contributed by atoms with Gasteiger partial charge in [-0.25, -0.2) is 13.8 Å². The number of carbonyl (C=O) groups is 1. The number of piperidine rings is 1. The second kappa shape index (κ2) is 14.0. The van der Waals surface area contributed by atoms with Crippen molar-refractivity contribution in [2.45, 2.75) is 51.1 Å². The van der Waals surface area contributed by atoms with E-state index in [0.717, 1.165) is 51.7 Å². The van der Waals surface area contributed by atoms with Crippen molar-refractivity contribution >= 4 is 45.9 Å². The van der Waals surface area contributed by atoms with Crippen molar-refractivity contribution in [3.63, 3.8) is 0 Å². The first-order chi connectivity index (χ1) is 20.8. The van der Waals surface area contributed by atoms with Gasteiger partial charge in [-0.3, -0.25) is 9.69 Å². The van der Waals surface area contributed by atoms with Gasteiger partial charge in [0.15, 0.2) is 11.6 Å². The van der Waals surface area contributed by atoms with Crippen molar-refractivity contribution in [1.29, 1.82) is 0 Å². The van der Waals surface area contributed by atoms with Gasteiger partial charge in [-0.1, -0.05) is 18.5 Å². The number of anilines is 3. The number of hydrogen-bond acceptors (Lipinski definition) is 8. The molecule has 3 aromatic rings. The van der Waals surface area contributed by atoms with Crippen molar-refractivity contribution in [3.8, 4) is 5.75 Å². The number of ether oxygens (including phenoxy) is 2. The van der Waals surface area contributed by atoms with Gasteiger partial charge in [-0.05, 0) is 62.9 Å². The van der Waals surface area contributed by atoms with Crippen molar-refractivity contribution < 1.29 is 23.0 Å². The number of carbonyl (C=O) groups excluding carboxylic acids is 1. The molecule has 2 aliphatic heterocycles. The van der Waals surface area contributed by atoms with Crippen LogP contribution in [0.1, 0.15) is 39.0 Å². The summed E-state index contributed by atoms with van der Waals surface area (Å²) in [7, 11) is 3.08. The van der Waals surface area contributed by atoms with Crippen LogP contribution < -0.4 is 15.0 Å². The topological polar surface area (TPSA) is 83.1 Å². The van der Waals surface area contributed by atoms with Gasteiger partial charge in [0.1, 0.15) is 11.6 Å². The normalized spacial score (nSPS) is 17.9. The fourth-order valence-electron chi connectivity index (χ4n) is 6.09. The van der Waals surface area contributed by atoms with Gasteiger partial charge in [0.05, 0.1) is 31.0 Å². The molecule has 0 saturated carbocycles. The van der Waals surface area contributed by atoms with Gasteiger partial charge >= 0.3 is 0 Å². The number of rotatable bonds is 11. The summed E-state index contributed by atoms with van der Waals surface area (Å²) in [4.78, 5) is 29.6. The van der Waals surface area contributed by atoms with Gasteiger partial charge in [-0.15, -0.1) is 0 Å². The molecule has 2 aromatic carbocycles. The Morgan fingerprint density at radius 1 is 1.09 bits per heavy atom. The summed E-state index contributed by atoms with van der Waals surface area (Å²) in [5.41, 5.74) is 0.618. The molecule has 12 heteroatoms. The van der Waals surface area contributed by atoms with E-state index in [9.17, 15) is 13.6 Å². The van der Waals surface area contributed by atoms with Crippen LogP contribution in [0.2, 0.25) is 5.02 Å². The molecule has 43 heavy (non-hydrogen) atoms. The summed E-state index contributed by atoms with van der Waals surface area (Å²) in [5.74, 6) is -0.160. The van der Waals surface area contributed by atoms with Crippen LogP contribution in [0.25, 0.3) is 10.9 Å². The van der Waals surface area contributed by atoms with Crippen molar-refractivity contribution in [1.82, 2.24) is 19.8 Å². The summed E-state index contributed by atoms with van der Waals surface area (Å²) in [6.45, 7) is 6.38. The predicted octanol–water partition coefficient (Wildman–Crippen LogP) is 5.63. The number of halogens is 3. The molecule has 2 saturated heterocycles. The summed E-state index contributed by atoms with van der Waals surface area (Å²) in [6.07, 6.45) is 4.31. The van der Waals surface area contributed by atoms with E-state index >= 15 is 0 Å². The predicted molar refractivity (Wildman–Crippen MR) is 164 cm³/mol. The van der Waals surface area contributed by atoms with Gasteiger partial charge < -0.3 is 24.6 Å².